The second-order valence-corrected chi connectivity index (χ2v) is 4.75. The zero-order chi connectivity index (χ0) is 12.4. The quantitative estimate of drug-likeness (QED) is 0.767. The van der Waals surface area contributed by atoms with E-state index in [1.165, 1.54) is 0 Å². The lowest BCUT2D eigenvalue weighted by atomic mass is 9.87. The number of benzene rings is 1. The zero-order valence-corrected chi connectivity index (χ0v) is 10.4. The summed E-state index contributed by atoms with van der Waals surface area (Å²) in [4.78, 5) is 11.5. The lowest BCUT2D eigenvalue weighted by Gasteiger charge is -2.34. The van der Waals surface area contributed by atoms with Crippen LogP contribution in [0.1, 0.15) is 23.2 Å². The highest BCUT2D eigenvalue weighted by Crippen LogP contribution is 2.28. The molecule has 0 spiro atoms. The summed E-state index contributed by atoms with van der Waals surface area (Å²) in [5.74, 6) is -0.116. The number of nitrogens with two attached hydrogens (primary N) is 1. The summed E-state index contributed by atoms with van der Waals surface area (Å²) in [6.07, 6.45) is 1.89. The fraction of sp³-hybridized carbons (Fsp3) is 0.417. The Morgan fingerprint density at radius 1 is 1.47 bits per heavy atom. The molecule has 1 aliphatic carbocycles. The number of halogens is 1. The van der Waals surface area contributed by atoms with E-state index < -0.39 is 0 Å². The summed E-state index contributed by atoms with van der Waals surface area (Å²) in [5, 5.41) is 6.51. The minimum Gasteiger partial charge on any atom is -0.381 e. The van der Waals surface area contributed by atoms with Crippen LogP contribution in [0.5, 0.6) is 0 Å². The van der Waals surface area contributed by atoms with Crippen LogP contribution < -0.4 is 16.4 Å². The highest BCUT2D eigenvalue weighted by atomic mass is 35.5. The first-order valence-corrected chi connectivity index (χ1v) is 6.01. The van der Waals surface area contributed by atoms with Gasteiger partial charge in [0.05, 0.1) is 10.7 Å². The average Bonchev–Trinajstić information content (AvgIpc) is 2.28. The normalized spacial score (nSPS) is 22.8. The summed E-state index contributed by atoms with van der Waals surface area (Å²) in [7, 11) is 1.61. The highest BCUT2D eigenvalue weighted by molar-refractivity contribution is 6.33. The van der Waals surface area contributed by atoms with Crippen molar-refractivity contribution < 1.29 is 4.79 Å². The van der Waals surface area contributed by atoms with E-state index in [0.29, 0.717) is 16.6 Å². The fourth-order valence-corrected chi connectivity index (χ4v) is 2.09. The monoisotopic (exact) mass is 253 g/mol. The number of hydrogen-bond acceptors (Lipinski definition) is 3. The summed E-state index contributed by atoms with van der Waals surface area (Å²) in [6.45, 7) is 0. The van der Waals surface area contributed by atoms with Gasteiger partial charge < -0.3 is 16.4 Å². The standard InChI is InChI=1S/C12H16ClN3O/c1-15-12(17)7-2-3-10(13)11(4-7)16-9-5-8(14)6-9/h2-4,8-9,16H,5-6,14H2,1H3,(H,15,17). The fourth-order valence-electron chi connectivity index (χ4n) is 1.92. The van der Waals surface area contributed by atoms with Crippen molar-refractivity contribution in [2.45, 2.75) is 24.9 Å². The van der Waals surface area contributed by atoms with Crippen molar-refractivity contribution in [1.82, 2.24) is 5.32 Å². The molecule has 2 rings (SSSR count). The molecule has 4 nitrogen and oxygen atoms in total. The van der Waals surface area contributed by atoms with E-state index in [2.05, 4.69) is 10.6 Å². The van der Waals surface area contributed by atoms with E-state index in [1.807, 2.05) is 0 Å². The summed E-state index contributed by atoms with van der Waals surface area (Å²) >= 11 is 6.08. The van der Waals surface area contributed by atoms with Gasteiger partial charge in [-0.15, -0.1) is 0 Å². The van der Waals surface area contributed by atoms with Gasteiger partial charge in [-0.05, 0) is 31.0 Å². The van der Waals surface area contributed by atoms with Crippen molar-refractivity contribution in [3.05, 3.63) is 28.8 Å². The van der Waals surface area contributed by atoms with E-state index in [0.717, 1.165) is 18.5 Å². The second-order valence-electron chi connectivity index (χ2n) is 4.35. The number of carbonyl (C=O) groups is 1. The molecule has 0 radical (unpaired) electrons. The smallest absolute Gasteiger partial charge is 0.251 e. The van der Waals surface area contributed by atoms with Crippen LogP contribution in [0, 0.1) is 0 Å². The highest BCUT2D eigenvalue weighted by Gasteiger charge is 2.26. The Hall–Kier alpha value is -1.26. The maximum atomic E-state index is 11.5. The van der Waals surface area contributed by atoms with Crippen molar-refractivity contribution >= 4 is 23.2 Å². The number of carbonyl (C=O) groups excluding carboxylic acids is 1. The van der Waals surface area contributed by atoms with Crippen molar-refractivity contribution in [3.8, 4) is 0 Å². The van der Waals surface area contributed by atoms with Gasteiger partial charge in [-0.3, -0.25) is 4.79 Å². The van der Waals surface area contributed by atoms with Crippen LogP contribution in [-0.4, -0.2) is 25.0 Å². The number of nitrogens with one attached hydrogen (secondary N) is 2. The molecule has 92 valence electrons. The Bertz CT molecular complexity index is 430. The molecule has 1 fully saturated rings. The van der Waals surface area contributed by atoms with Gasteiger partial charge >= 0.3 is 0 Å². The molecule has 4 N–H and O–H groups in total. The Morgan fingerprint density at radius 3 is 2.76 bits per heavy atom. The summed E-state index contributed by atoms with van der Waals surface area (Å²) in [5.41, 5.74) is 7.12. The van der Waals surface area contributed by atoms with Crippen molar-refractivity contribution in [3.63, 3.8) is 0 Å². The average molecular weight is 254 g/mol. The molecule has 0 aliphatic heterocycles. The van der Waals surface area contributed by atoms with E-state index in [9.17, 15) is 4.79 Å². The first-order valence-electron chi connectivity index (χ1n) is 5.64. The van der Waals surface area contributed by atoms with Gasteiger partial charge in [0.1, 0.15) is 0 Å². The van der Waals surface area contributed by atoms with E-state index >= 15 is 0 Å². The number of hydrogen-bond donors (Lipinski definition) is 3. The Balaban J connectivity index is 2.12. The van der Waals surface area contributed by atoms with E-state index in [4.69, 9.17) is 17.3 Å². The molecule has 0 atom stereocenters. The maximum Gasteiger partial charge on any atom is 0.251 e. The summed E-state index contributed by atoms with van der Waals surface area (Å²) in [6, 6.07) is 5.85. The van der Waals surface area contributed by atoms with Crippen LogP contribution in [0.25, 0.3) is 0 Å². The van der Waals surface area contributed by atoms with Gasteiger partial charge in [-0.25, -0.2) is 0 Å². The molecule has 1 aromatic carbocycles. The SMILES string of the molecule is CNC(=O)c1ccc(Cl)c(NC2CC(N)C2)c1. The van der Waals surface area contributed by atoms with E-state index in [1.54, 1.807) is 25.2 Å². The van der Waals surface area contributed by atoms with Crippen LogP contribution in [0.3, 0.4) is 0 Å². The maximum absolute atomic E-state index is 11.5. The zero-order valence-electron chi connectivity index (χ0n) is 9.66. The molecule has 0 unspecified atom stereocenters. The molecule has 0 saturated heterocycles. The van der Waals surface area contributed by atoms with Gasteiger partial charge in [-0.1, -0.05) is 11.6 Å². The predicted molar refractivity (Wildman–Crippen MR) is 69.5 cm³/mol. The third-order valence-corrected chi connectivity index (χ3v) is 3.32. The van der Waals surface area contributed by atoms with Crippen molar-refractivity contribution in [1.29, 1.82) is 0 Å². The number of anilines is 1. The topological polar surface area (TPSA) is 67.2 Å². The Morgan fingerprint density at radius 2 is 2.18 bits per heavy atom. The molecular weight excluding hydrogens is 238 g/mol. The van der Waals surface area contributed by atoms with Gasteiger partial charge in [0.15, 0.2) is 0 Å². The molecule has 0 aromatic heterocycles. The molecule has 1 saturated carbocycles. The molecular formula is C12H16ClN3O. The van der Waals surface area contributed by atoms with Gasteiger partial charge in [0.25, 0.3) is 5.91 Å². The third kappa shape index (κ3) is 2.70. The molecule has 1 aromatic rings. The van der Waals surface area contributed by atoms with Crippen molar-refractivity contribution in [2.75, 3.05) is 12.4 Å². The molecule has 0 heterocycles. The Labute approximate surface area is 106 Å². The van der Waals surface area contributed by atoms with Gasteiger partial charge in [0.2, 0.25) is 0 Å². The van der Waals surface area contributed by atoms with Crippen LogP contribution in [0.2, 0.25) is 5.02 Å². The lowest BCUT2D eigenvalue weighted by molar-refractivity contribution is 0.0963. The third-order valence-electron chi connectivity index (χ3n) is 2.99. The molecule has 0 bridgehead atoms. The molecule has 17 heavy (non-hydrogen) atoms. The lowest BCUT2D eigenvalue weighted by Crippen LogP contribution is -2.44. The minimum atomic E-state index is -0.116. The second kappa shape index (κ2) is 4.94. The largest absolute Gasteiger partial charge is 0.381 e. The molecule has 1 aliphatic rings. The van der Waals surface area contributed by atoms with Crippen LogP contribution >= 0.6 is 11.6 Å². The number of amides is 1. The number of rotatable bonds is 3. The van der Waals surface area contributed by atoms with Gasteiger partial charge in [0, 0.05) is 24.7 Å². The predicted octanol–water partition coefficient (Wildman–Crippen LogP) is 1.60. The van der Waals surface area contributed by atoms with Crippen LogP contribution in [-0.2, 0) is 0 Å². The van der Waals surface area contributed by atoms with Gasteiger partial charge in [-0.2, -0.15) is 0 Å². The van der Waals surface area contributed by atoms with Crippen molar-refractivity contribution in [2.24, 2.45) is 5.73 Å². The van der Waals surface area contributed by atoms with Crippen LogP contribution in [0.4, 0.5) is 5.69 Å². The minimum absolute atomic E-state index is 0.116. The Kier molecular flexibility index (Phi) is 3.54. The summed E-state index contributed by atoms with van der Waals surface area (Å²) < 4.78 is 0. The first-order chi connectivity index (χ1) is 8.10. The first kappa shape index (κ1) is 12.2. The molecule has 1 amide bonds. The molecule has 5 heteroatoms. The van der Waals surface area contributed by atoms with Crippen LogP contribution in [0.15, 0.2) is 18.2 Å². The van der Waals surface area contributed by atoms with E-state index in [-0.39, 0.29) is 11.9 Å².